The van der Waals surface area contributed by atoms with Gasteiger partial charge in [0.05, 0.1) is 5.69 Å². The van der Waals surface area contributed by atoms with Crippen molar-refractivity contribution in [3.05, 3.63) is 30.1 Å². The highest BCUT2D eigenvalue weighted by atomic mass is 16.3. The molecule has 0 unspecified atom stereocenters. The van der Waals surface area contributed by atoms with E-state index in [9.17, 15) is 9.90 Å². The van der Waals surface area contributed by atoms with Crippen LogP contribution in [0.2, 0.25) is 0 Å². The predicted octanol–water partition coefficient (Wildman–Crippen LogP) is 1.90. The fourth-order valence-corrected chi connectivity index (χ4v) is 3.86. The van der Waals surface area contributed by atoms with E-state index < -0.39 is 0 Å². The number of carbonyl (C=O) groups is 1. The van der Waals surface area contributed by atoms with Gasteiger partial charge in [0, 0.05) is 44.5 Å². The topological polar surface area (TPSA) is 77.5 Å². The first-order valence-corrected chi connectivity index (χ1v) is 9.53. The van der Waals surface area contributed by atoms with Crippen molar-refractivity contribution in [2.24, 2.45) is 5.92 Å². The molecule has 0 spiro atoms. The Morgan fingerprint density at radius 1 is 1.08 bits per heavy atom. The Morgan fingerprint density at radius 3 is 2.36 bits per heavy atom. The van der Waals surface area contributed by atoms with E-state index >= 15 is 0 Å². The lowest BCUT2D eigenvalue weighted by molar-refractivity contribution is 0.169. The minimum Gasteiger partial charge on any atom is -0.396 e. The van der Waals surface area contributed by atoms with E-state index in [4.69, 9.17) is 0 Å². The van der Waals surface area contributed by atoms with Crippen molar-refractivity contribution >= 4 is 6.03 Å². The maximum absolute atomic E-state index is 12.2. The van der Waals surface area contributed by atoms with E-state index in [0.29, 0.717) is 5.92 Å². The van der Waals surface area contributed by atoms with Crippen LogP contribution in [0.1, 0.15) is 44.2 Å². The molecule has 6 heteroatoms. The highest BCUT2D eigenvalue weighted by Gasteiger charge is 2.24. The fraction of sp³-hybridized carbons (Fsp3) is 0.684. The minimum atomic E-state index is -0.0318. The Hall–Kier alpha value is -1.66. The lowest BCUT2D eigenvalue weighted by Crippen LogP contribution is -2.50. The molecule has 3 rings (SSSR count). The fourth-order valence-electron chi connectivity index (χ4n) is 3.86. The van der Waals surface area contributed by atoms with Gasteiger partial charge in [0.15, 0.2) is 0 Å². The average molecular weight is 346 g/mol. The number of likely N-dealkylation sites (tertiary alicyclic amines) is 1. The van der Waals surface area contributed by atoms with Crippen LogP contribution < -0.4 is 10.6 Å². The molecule has 0 aromatic carbocycles. The van der Waals surface area contributed by atoms with Crippen LogP contribution in [0.4, 0.5) is 4.79 Å². The van der Waals surface area contributed by atoms with Gasteiger partial charge in [0.25, 0.3) is 0 Å². The number of carbonyl (C=O) groups excluding carboxylic acids is 1. The van der Waals surface area contributed by atoms with E-state index in [2.05, 4.69) is 26.6 Å². The van der Waals surface area contributed by atoms with Crippen molar-refractivity contribution in [1.29, 1.82) is 0 Å². The van der Waals surface area contributed by atoms with Crippen molar-refractivity contribution < 1.29 is 9.90 Å². The highest BCUT2D eigenvalue weighted by Crippen LogP contribution is 2.23. The third-order valence-corrected chi connectivity index (χ3v) is 5.47. The summed E-state index contributed by atoms with van der Waals surface area (Å²) in [7, 11) is 0. The molecule has 0 atom stereocenters. The smallest absolute Gasteiger partial charge is 0.315 e. The average Bonchev–Trinajstić information content (AvgIpc) is 2.65. The Balaban J connectivity index is 1.34. The van der Waals surface area contributed by atoms with Gasteiger partial charge in [-0.25, -0.2) is 4.79 Å². The first-order chi connectivity index (χ1) is 12.2. The van der Waals surface area contributed by atoms with Crippen LogP contribution in [-0.2, 0) is 6.54 Å². The molecule has 2 amide bonds. The quantitative estimate of drug-likeness (QED) is 0.761. The zero-order valence-corrected chi connectivity index (χ0v) is 14.9. The van der Waals surface area contributed by atoms with Crippen molar-refractivity contribution in [3.63, 3.8) is 0 Å². The molecule has 138 valence electrons. The second-order valence-corrected chi connectivity index (χ2v) is 7.39. The number of amides is 2. The molecule has 25 heavy (non-hydrogen) atoms. The lowest BCUT2D eigenvalue weighted by Gasteiger charge is -2.33. The summed E-state index contributed by atoms with van der Waals surface area (Å²) in [5.41, 5.74) is 1.10. The number of aromatic nitrogens is 1. The molecule has 0 bridgehead atoms. The molecule has 6 nitrogen and oxygen atoms in total. The molecule has 1 saturated heterocycles. The van der Waals surface area contributed by atoms with Crippen LogP contribution in [0, 0.1) is 5.92 Å². The summed E-state index contributed by atoms with van der Waals surface area (Å²) in [5.74, 6) is 0.421. The number of nitrogens with zero attached hydrogens (tertiary/aromatic N) is 2. The molecule has 2 aliphatic rings. The number of pyridine rings is 1. The minimum absolute atomic E-state index is 0.0318. The van der Waals surface area contributed by atoms with E-state index in [1.54, 1.807) is 0 Å². The maximum atomic E-state index is 12.2. The van der Waals surface area contributed by atoms with Gasteiger partial charge >= 0.3 is 6.03 Å². The number of nitrogens with one attached hydrogen (secondary N) is 2. The van der Waals surface area contributed by atoms with Crippen molar-refractivity contribution in [1.82, 2.24) is 20.5 Å². The normalized spacial score (nSPS) is 25.5. The van der Waals surface area contributed by atoms with Crippen LogP contribution in [-0.4, -0.2) is 52.8 Å². The Kier molecular flexibility index (Phi) is 6.64. The molecule has 2 fully saturated rings. The summed E-state index contributed by atoms with van der Waals surface area (Å²) in [6.07, 6.45) is 7.76. The van der Waals surface area contributed by atoms with E-state index in [0.717, 1.165) is 63.9 Å². The third-order valence-electron chi connectivity index (χ3n) is 5.47. The number of piperidine rings is 1. The zero-order valence-electron chi connectivity index (χ0n) is 14.9. The van der Waals surface area contributed by atoms with Gasteiger partial charge in [0.1, 0.15) is 0 Å². The first-order valence-electron chi connectivity index (χ1n) is 9.53. The molecule has 1 saturated carbocycles. The van der Waals surface area contributed by atoms with E-state index in [1.807, 2.05) is 18.3 Å². The SMILES string of the molecule is O=C(NC1CCC(CO)CC1)NC1CCN(Cc2ccccn2)CC1. The monoisotopic (exact) mass is 346 g/mol. The second-order valence-electron chi connectivity index (χ2n) is 7.39. The number of aliphatic hydroxyl groups excluding tert-OH is 1. The van der Waals surface area contributed by atoms with E-state index in [-0.39, 0.29) is 24.7 Å². The zero-order chi connectivity index (χ0) is 17.5. The van der Waals surface area contributed by atoms with Gasteiger partial charge in [-0.2, -0.15) is 0 Å². The first kappa shape index (κ1) is 18.1. The van der Waals surface area contributed by atoms with E-state index in [1.165, 1.54) is 0 Å². The van der Waals surface area contributed by atoms with Crippen molar-refractivity contribution in [3.8, 4) is 0 Å². The van der Waals surface area contributed by atoms with Gasteiger partial charge in [-0.05, 0) is 56.6 Å². The van der Waals surface area contributed by atoms with Gasteiger partial charge in [-0.1, -0.05) is 6.07 Å². The summed E-state index contributed by atoms with van der Waals surface area (Å²) in [6.45, 7) is 3.14. The third kappa shape index (κ3) is 5.68. The second kappa shape index (κ2) is 9.15. The molecular formula is C19H30N4O2. The number of urea groups is 1. The summed E-state index contributed by atoms with van der Waals surface area (Å²) < 4.78 is 0. The number of hydrogen-bond donors (Lipinski definition) is 3. The summed E-state index contributed by atoms with van der Waals surface area (Å²) in [5, 5.41) is 15.4. The Bertz CT molecular complexity index is 523. The highest BCUT2D eigenvalue weighted by molar-refractivity contribution is 5.74. The lowest BCUT2D eigenvalue weighted by atomic mass is 9.87. The van der Waals surface area contributed by atoms with Crippen LogP contribution in [0.3, 0.4) is 0 Å². The van der Waals surface area contributed by atoms with Crippen LogP contribution in [0.5, 0.6) is 0 Å². The number of aliphatic hydroxyl groups is 1. The summed E-state index contributed by atoms with van der Waals surface area (Å²) >= 11 is 0. The van der Waals surface area contributed by atoms with Crippen LogP contribution >= 0.6 is 0 Å². The summed E-state index contributed by atoms with van der Waals surface area (Å²) in [6, 6.07) is 6.50. The molecule has 3 N–H and O–H groups in total. The number of rotatable bonds is 5. The van der Waals surface area contributed by atoms with Crippen LogP contribution in [0.25, 0.3) is 0 Å². The molecule has 1 aromatic heterocycles. The molecule has 1 aliphatic carbocycles. The van der Waals surface area contributed by atoms with Gasteiger partial charge in [0.2, 0.25) is 0 Å². The van der Waals surface area contributed by atoms with Gasteiger partial charge in [-0.15, -0.1) is 0 Å². The predicted molar refractivity (Wildman–Crippen MR) is 97.0 cm³/mol. The van der Waals surface area contributed by atoms with Gasteiger partial charge < -0.3 is 15.7 Å². The molecule has 1 aromatic rings. The molecular weight excluding hydrogens is 316 g/mol. The molecule has 0 radical (unpaired) electrons. The summed E-state index contributed by atoms with van der Waals surface area (Å²) in [4.78, 5) is 19.0. The number of hydrogen-bond acceptors (Lipinski definition) is 4. The Labute approximate surface area is 150 Å². The van der Waals surface area contributed by atoms with Crippen molar-refractivity contribution in [2.75, 3.05) is 19.7 Å². The largest absolute Gasteiger partial charge is 0.396 e. The van der Waals surface area contributed by atoms with Crippen molar-refractivity contribution in [2.45, 2.75) is 57.2 Å². The Morgan fingerprint density at radius 2 is 1.76 bits per heavy atom. The van der Waals surface area contributed by atoms with Gasteiger partial charge in [-0.3, -0.25) is 9.88 Å². The maximum Gasteiger partial charge on any atom is 0.315 e. The molecule has 2 heterocycles. The standard InChI is InChI=1S/C19H30N4O2/c24-14-15-4-6-16(7-5-15)21-19(25)22-17-8-11-23(12-9-17)13-18-3-1-2-10-20-18/h1-3,10,15-17,24H,4-9,11-14H2,(H2,21,22,25). The van der Waals surface area contributed by atoms with Crippen LogP contribution in [0.15, 0.2) is 24.4 Å². The molecule has 1 aliphatic heterocycles.